The molecule has 0 amide bonds. The molecule has 0 saturated carbocycles. The zero-order valence-corrected chi connectivity index (χ0v) is 10.5. The van der Waals surface area contributed by atoms with E-state index < -0.39 is 0 Å². The smallest absolute Gasteiger partial charge is 0.122 e. The number of nitrogens with one attached hydrogen (secondary N) is 1. The second-order valence-corrected chi connectivity index (χ2v) is 3.99. The molecule has 15 heavy (non-hydrogen) atoms. The van der Waals surface area contributed by atoms with Gasteiger partial charge >= 0.3 is 0 Å². The van der Waals surface area contributed by atoms with Crippen LogP contribution in [0.1, 0.15) is 16.7 Å². The number of benzene rings is 1. The van der Waals surface area contributed by atoms with Crippen molar-refractivity contribution in [1.29, 1.82) is 0 Å². The fourth-order valence-corrected chi connectivity index (χ4v) is 1.91. The van der Waals surface area contributed by atoms with Gasteiger partial charge in [0.25, 0.3) is 0 Å². The molecule has 0 aliphatic rings. The molecule has 1 N–H and O–H groups in total. The number of thiol groups is 1. The average Bonchev–Trinajstić information content (AvgIpc) is 2.20. The highest BCUT2D eigenvalue weighted by Crippen LogP contribution is 2.24. The first-order valence-electron chi connectivity index (χ1n) is 5.14. The van der Waals surface area contributed by atoms with Gasteiger partial charge in [-0.05, 0) is 43.0 Å². The largest absolute Gasteiger partial charge is 0.496 e. The van der Waals surface area contributed by atoms with E-state index in [0.29, 0.717) is 5.88 Å². The standard InChI is InChI=1S/C12H19NOS/c1-9-6-10(2)11(4-5-13-8-15)12(7-9)14-3/h6-7,13,15H,4-5,8H2,1-3H3. The first-order chi connectivity index (χ1) is 7.19. The first-order valence-corrected chi connectivity index (χ1v) is 5.78. The van der Waals surface area contributed by atoms with Crippen molar-refractivity contribution in [2.45, 2.75) is 20.3 Å². The van der Waals surface area contributed by atoms with E-state index in [1.165, 1.54) is 16.7 Å². The van der Waals surface area contributed by atoms with Gasteiger partial charge in [0.05, 0.1) is 7.11 Å². The van der Waals surface area contributed by atoms with Crippen molar-refractivity contribution in [2.24, 2.45) is 0 Å². The van der Waals surface area contributed by atoms with E-state index in [4.69, 9.17) is 4.74 Å². The zero-order chi connectivity index (χ0) is 11.3. The van der Waals surface area contributed by atoms with Crippen LogP contribution in [0.15, 0.2) is 12.1 Å². The summed E-state index contributed by atoms with van der Waals surface area (Å²) in [5, 5.41) is 3.20. The Labute approximate surface area is 97.4 Å². The normalized spacial score (nSPS) is 10.4. The Bertz CT molecular complexity index is 326. The molecule has 1 rings (SSSR count). The van der Waals surface area contributed by atoms with E-state index in [1.54, 1.807) is 7.11 Å². The van der Waals surface area contributed by atoms with Crippen LogP contribution in [-0.4, -0.2) is 19.5 Å². The van der Waals surface area contributed by atoms with E-state index in [2.05, 4.69) is 43.9 Å². The molecule has 0 aliphatic heterocycles. The number of rotatable bonds is 5. The molecule has 0 fully saturated rings. The maximum atomic E-state index is 5.39. The third-order valence-corrected chi connectivity index (χ3v) is 2.68. The van der Waals surface area contributed by atoms with Gasteiger partial charge in [0.2, 0.25) is 0 Å². The fraction of sp³-hybridized carbons (Fsp3) is 0.500. The Morgan fingerprint density at radius 2 is 2.07 bits per heavy atom. The highest BCUT2D eigenvalue weighted by atomic mass is 32.1. The van der Waals surface area contributed by atoms with Crippen LogP contribution in [0.5, 0.6) is 5.75 Å². The molecule has 0 aromatic heterocycles. The minimum atomic E-state index is 0.716. The maximum Gasteiger partial charge on any atom is 0.122 e. The van der Waals surface area contributed by atoms with Gasteiger partial charge in [-0.15, -0.1) is 0 Å². The summed E-state index contributed by atoms with van der Waals surface area (Å²) in [6.07, 6.45) is 0.982. The van der Waals surface area contributed by atoms with Crippen LogP contribution in [-0.2, 0) is 6.42 Å². The van der Waals surface area contributed by atoms with Gasteiger partial charge in [0.1, 0.15) is 5.75 Å². The lowest BCUT2D eigenvalue weighted by atomic mass is 10.0. The predicted octanol–water partition coefficient (Wildman–Crippen LogP) is 2.33. The fourth-order valence-electron chi connectivity index (χ4n) is 1.75. The summed E-state index contributed by atoms with van der Waals surface area (Å²) in [7, 11) is 1.73. The highest BCUT2D eigenvalue weighted by molar-refractivity contribution is 7.80. The molecule has 0 bridgehead atoms. The number of aryl methyl sites for hydroxylation is 2. The van der Waals surface area contributed by atoms with Crippen LogP contribution in [0.2, 0.25) is 0 Å². The average molecular weight is 225 g/mol. The van der Waals surface area contributed by atoms with E-state index in [1.807, 2.05) is 0 Å². The summed E-state index contributed by atoms with van der Waals surface area (Å²) in [4.78, 5) is 0. The Morgan fingerprint density at radius 1 is 1.33 bits per heavy atom. The van der Waals surface area contributed by atoms with Crippen molar-refractivity contribution in [2.75, 3.05) is 19.5 Å². The van der Waals surface area contributed by atoms with Crippen LogP contribution in [0.25, 0.3) is 0 Å². The zero-order valence-electron chi connectivity index (χ0n) is 9.63. The summed E-state index contributed by atoms with van der Waals surface area (Å²) in [5.41, 5.74) is 3.83. The van der Waals surface area contributed by atoms with E-state index in [9.17, 15) is 0 Å². The minimum Gasteiger partial charge on any atom is -0.496 e. The first kappa shape index (κ1) is 12.4. The molecule has 84 valence electrons. The van der Waals surface area contributed by atoms with Crippen molar-refractivity contribution in [1.82, 2.24) is 5.32 Å². The molecule has 1 aromatic carbocycles. The Hall–Kier alpha value is -0.670. The van der Waals surface area contributed by atoms with Crippen LogP contribution in [0, 0.1) is 13.8 Å². The van der Waals surface area contributed by atoms with Crippen LogP contribution in [0.4, 0.5) is 0 Å². The van der Waals surface area contributed by atoms with Crippen molar-refractivity contribution in [3.05, 3.63) is 28.8 Å². The van der Waals surface area contributed by atoms with Crippen molar-refractivity contribution in [3.63, 3.8) is 0 Å². The molecule has 0 unspecified atom stereocenters. The van der Waals surface area contributed by atoms with E-state index >= 15 is 0 Å². The van der Waals surface area contributed by atoms with Gasteiger partial charge in [0, 0.05) is 12.4 Å². The number of ether oxygens (including phenoxy) is 1. The number of hydrogen-bond donors (Lipinski definition) is 2. The molecule has 1 aromatic rings. The quantitative estimate of drug-likeness (QED) is 0.456. The molecule has 2 nitrogen and oxygen atoms in total. The van der Waals surface area contributed by atoms with Gasteiger partial charge < -0.3 is 10.1 Å². The third-order valence-electron chi connectivity index (χ3n) is 2.46. The van der Waals surface area contributed by atoms with E-state index in [-0.39, 0.29) is 0 Å². The summed E-state index contributed by atoms with van der Waals surface area (Å²) >= 11 is 4.12. The summed E-state index contributed by atoms with van der Waals surface area (Å²) in [6.45, 7) is 5.15. The molecular formula is C12H19NOS. The van der Waals surface area contributed by atoms with Gasteiger partial charge in [-0.2, -0.15) is 12.6 Å². The van der Waals surface area contributed by atoms with Gasteiger partial charge in [-0.25, -0.2) is 0 Å². The van der Waals surface area contributed by atoms with Gasteiger partial charge in [0.15, 0.2) is 0 Å². The molecule has 0 radical (unpaired) electrons. The van der Waals surface area contributed by atoms with Gasteiger partial charge in [-0.3, -0.25) is 0 Å². The molecule has 0 spiro atoms. The van der Waals surface area contributed by atoms with E-state index in [0.717, 1.165) is 18.7 Å². The molecule has 0 heterocycles. The molecule has 0 atom stereocenters. The maximum absolute atomic E-state index is 5.39. The summed E-state index contributed by atoms with van der Waals surface area (Å²) < 4.78 is 5.39. The number of methoxy groups -OCH3 is 1. The third kappa shape index (κ3) is 3.43. The van der Waals surface area contributed by atoms with Crippen LogP contribution in [0.3, 0.4) is 0 Å². The topological polar surface area (TPSA) is 21.3 Å². The lowest BCUT2D eigenvalue weighted by Crippen LogP contribution is -2.15. The van der Waals surface area contributed by atoms with Crippen molar-refractivity contribution >= 4 is 12.6 Å². The SMILES string of the molecule is COc1cc(C)cc(C)c1CCNCS. The molecule has 0 saturated heterocycles. The van der Waals surface area contributed by atoms with Gasteiger partial charge in [-0.1, -0.05) is 6.07 Å². The summed E-state index contributed by atoms with van der Waals surface area (Å²) in [6, 6.07) is 4.28. The van der Waals surface area contributed by atoms with Crippen LogP contribution < -0.4 is 10.1 Å². The molecule has 3 heteroatoms. The molecular weight excluding hydrogens is 206 g/mol. The highest BCUT2D eigenvalue weighted by Gasteiger charge is 2.06. The Morgan fingerprint density at radius 3 is 2.67 bits per heavy atom. The van der Waals surface area contributed by atoms with Crippen molar-refractivity contribution in [3.8, 4) is 5.75 Å². The monoisotopic (exact) mass is 225 g/mol. The Balaban J connectivity index is 2.84. The molecule has 0 aliphatic carbocycles. The lowest BCUT2D eigenvalue weighted by Gasteiger charge is -2.13. The number of hydrogen-bond acceptors (Lipinski definition) is 3. The van der Waals surface area contributed by atoms with Crippen LogP contribution >= 0.6 is 12.6 Å². The lowest BCUT2D eigenvalue weighted by molar-refractivity contribution is 0.408. The summed E-state index contributed by atoms with van der Waals surface area (Å²) in [5.74, 6) is 1.71. The van der Waals surface area contributed by atoms with Crippen molar-refractivity contribution < 1.29 is 4.74 Å². The predicted molar refractivity (Wildman–Crippen MR) is 68.0 cm³/mol. The Kier molecular flexibility index (Phi) is 4.99. The second-order valence-electron chi connectivity index (χ2n) is 3.67. The minimum absolute atomic E-state index is 0.716. The second kappa shape index (κ2) is 6.03.